The van der Waals surface area contributed by atoms with Crippen LogP contribution in [0.15, 0.2) is 36.4 Å². The van der Waals surface area contributed by atoms with Crippen LogP contribution < -0.4 is 4.90 Å². The maximum absolute atomic E-state index is 12.7. The van der Waals surface area contributed by atoms with Gasteiger partial charge in [0.25, 0.3) is 5.91 Å². The Balaban J connectivity index is 2.10. The Hall–Kier alpha value is -2.54. The van der Waals surface area contributed by atoms with Crippen molar-refractivity contribution >= 4 is 17.6 Å². The third kappa shape index (κ3) is 1.50. The highest BCUT2D eigenvalue weighted by molar-refractivity contribution is 6.11. The van der Waals surface area contributed by atoms with Gasteiger partial charge in [-0.1, -0.05) is 24.8 Å². The highest BCUT2D eigenvalue weighted by atomic mass is 16.6. The highest BCUT2D eigenvalue weighted by Gasteiger charge is 2.58. The first-order valence-electron chi connectivity index (χ1n) is 6.36. The lowest BCUT2D eigenvalue weighted by Crippen LogP contribution is -2.40. The molecule has 4 heteroatoms. The number of benzene rings is 1. The van der Waals surface area contributed by atoms with Gasteiger partial charge in [-0.15, -0.1) is 12.3 Å². The summed E-state index contributed by atoms with van der Waals surface area (Å²) in [4.78, 5) is 26.0. The Morgan fingerprint density at radius 2 is 2.15 bits per heavy atom. The molecule has 100 valence electrons. The number of esters is 1. The smallest absolute Gasteiger partial charge is 0.335 e. The second kappa shape index (κ2) is 4.24. The van der Waals surface area contributed by atoms with Crippen LogP contribution in [0.3, 0.4) is 0 Å². The molecule has 0 aliphatic carbocycles. The van der Waals surface area contributed by atoms with Crippen LogP contribution >= 0.6 is 0 Å². The van der Waals surface area contributed by atoms with E-state index >= 15 is 0 Å². The molecule has 1 atom stereocenters. The third-order valence-corrected chi connectivity index (χ3v) is 3.72. The van der Waals surface area contributed by atoms with Gasteiger partial charge in [0, 0.05) is 30.5 Å². The molecule has 1 fully saturated rings. The summed E-state index contributed by atoms with van der Waals surface area (Å²) in [6, 6.07) is 7.33. The molecule has 1 saturated heterocycles. The quantitative estimate of drug-likeness (QED) is 0.466. The van der Waals surface area contributed by atoms with Crippen molar-refractivity contribution in [2.24, 2.45) is 0 Å². The van der Waals surface area contributed by atoms with E-state index < -0.39 is 11.6 Å². The Kier molecular flexibility index (Phi) is 2.65. The van der Waals surface area contributed by atoms with Crippen LogP contribution in [0.1, 0.15) is 18.4 Å². The van der Waals surface area contributed by atoms with E-state index in [1.165, 1.54) is 0 Å². The first-order chi connectivity index (χ1) is 9.60. The molecule has 3 rings (SSSR count). The normalized spacial score (nSPS) is 23.9. The number of anilines is 1. The number of hydrogen-bond donors (Lipinski definition) is 0. The average Bonchev–Trinajstić information content (AvgIpc) is 2.86. The second-order valence-electron chi connectivity index (χ2n) is 4.92. The Bertz CT molecular complexity index is 653. The monoisotopic (exact) mass is 267 g/mol. The highest BCUT2D eigenvalue weighted by Crippen LogP contribution is 2.49. The van der Waals surface area contributed by atoms with Crippen LogP contribution in [-0.4, -0.2) is 18.4 Å². The predicted octanol–water partition coefficient (Wildman–Crippen LogP) is 1.75. The van der Waals surface area contributed by atoms with E-state index in [0.717, 1.165) is 5.69 Å². The van der Waals surface area contributed by atoms with E-state index in [1.54, 1.807) is 4.90 Å². The van der Waals surface area contributed by atoms with Gasteiger partial charge in [-0.25, -0.2) is 4.79 Å². The largest absolute Gasteiger partial charge is 0.440 e. The lowest BCUT2D eigenvalue weighted by molar-refractivity contribution is -0.156. The molecule has 4 nitrogen and oxygen atoms in total. The molecule has 0 N–H and O–H groups in total. The summed E-state index contributed by atoms with van der Waals surface area (Å²) in [5, 5.41) is 0. The van der Waals surface area contributed by atoms with Crippen LogP contribution in [0.5, 0.6) is 0 Å². The van der Waals surface area contributed by atoms with Crippen molar-refractivity contribution in [1.29, 1.82) is 0 Å². The van der Waals surface area contributed by atoms with Crippen molar-refractivity contribution in [2.75, 3.05) is 11.4 Å². The van der Waals surface area contributed by atoms with Gasteiger partial charge >= 0.3 is 5.97 Å². The topological polar surface area (TPSA) is 46.6 Å². The molecular formula is C16H13NO3. The van der Waals surface area contributed by atoms with Crippen LogP contribution in [0.4, 0.5) is 5.69 Å². The van der Waals surface area contributed by atoms with Gasteiger partial charge in [0.05, 0.1) is 5.69 Å². The summed E-state index contributed by atoms with van der Waals surface area (Å²) in [5.41, 5.74) is 0.565. The van der Waals surface area contributed by atoms with Crippen LogP contribution in [0, 0.1) is 12.3 Å². The van der Waals surface area contributed by atoms with Gasteiger partial charge in [0.15, 0.2) is 0 Å². The summed E-state index contributed by atoms with van der Waals surface area (Å²) < 4.78 is 5.39. The van der Waals surface area contributed by atoms with Crippen LogP contribution in [0.2, 0.25) is 0 Å². The number of amides is 1. The van der Waals surface area contributed by atoms with E-state index in [9.17, 15) is 9.59 Å². The molecule has 0 bridgehead atoms. The van der Waals surface area contributed by atoms with Gasteiger partial charge in [-0.3, -0.25) is 4.79 Å². The Morgan fingerprint density at radius 3 is 2.80 bits per heavy atom. The molecule has 0 saturated carbocycles. The van der Waals surface area contributed by atoms with E-state index in [-0.39, 0.29) is 12.3 Å². The lowest BCUT2D eigenvalue weighted by atomic mass is 9.91. The molecule has 2 aliphatic heterocycles. The minimum atomic E-state index is -1.24. The molecule has 1 unspecified atom stereocenters. The average molecular weight is 267 g/mol. The minimum Gasteiger partial charge on any atom is -0.440 e. The molecule has 1 aromatic carbocycles. The van der Waals surface area contributed by atoms with Gasteiger partial charge in [0.1, 0.15) is 0 Å². The Labute approximate surface area is 117 Å². The zero-order valence-electron chi connectivity index (χ0n) is 10.9. The predicted molar refractivity (Wildman–Crippen MR) is 73.8 cm³/mol. The number of fused-ring (bicyclic) bond motifs is 2. The summed E-state index contributed by atoms with van der Waals surface area (Å²) >= 11 is 0. The standard InChI is InChI=1S/C16H13NO3/c1-3-4-9-17-13-8-6-5-7-12(13)16(15(17)19)10-11(2)14(18)20-16/h1,5-8H,2,4,9-10H2. The number of rotatable bonds is 2. The minimum absolute atomic E-state index is 0.203. The van der Waals surface area contributed by atoms with Crippen molar-refractivity contribution < 1.29 is 14.3 Å². The fourth-order valence-corrected chi connectivity index (χ4v) is 2.80. The van der Waals surface area contributed by atoms with E-state index in [1.807, 2.05) is 24.3 Å². The fourth-order valence-electron chi connectivity index (χ4n) is 2.80. The summed E-state index contributed by atoms with van der Waals surface area (Å²) in [6.45, 7) is 4.09. The van der Waals surface area contributed by atoms with Crippen molar-refractivity contribution in [1.82, 2.24) is 0 Å². The molecule has 1 amide bonds. The molecule has 20 heavy (non-hydrogen) atoms. The fraction of sp³-hybridized carbons (Fsp3) is 0.250. The summed E-state index contributed by atoms with van der Waals surface area (Å²) in [6.07, 6.45) is 5.93. The van der Waals surface area contributed by atoms with E-state index in [2.05, 4.69) is 12.5 Å². The van der Waals surface area contributed by atoms with Crippen molar-refractivity contribution in [3.05, 3.63) is 42.0 Å². The number of ether oxygens (including phenoxy) is 1. The van der Waals surface area contributed by atoms with Crippen molar-refractivity contribution in [2.45, 2.75) is 18.4 Å². The number of hydrogen-bond acceptors (Lipinski definition) is 3. The van der Waals surface area contributed by atoms with Crippen LogP contribution in [-0.2, 0) is 19.9 Å². The number of carbonyl (C=O) groups is 2. The molecule has 2 aliphatic rings. The van der Waals surface area contributed by atoms with Gasteiger partial charge in [-0.05, 0) is 6.07 Å². The molecule has 2 heterocycles. The lowest BCUT2D eigenvalue weighted by Gasteiger charge is -2.21. The number of terminal acetylenes is 1. The molecule has 1 spiro atoms. The SMILES string of the molecule is C#CCCN1C(=O)C2(CC(=C)C(=O)O2)c2ccccc21. The number of nitrogens with zero attached hydrogens (tertiary/aromatic N) is 1. The van der Waals surface area contributed by atoms with Crippen molar-refractivity contribution in [3.8, 4) is 12.3 Å². The maximum Gasteiger partial charge on any atom is 0.335 e. The second-order valence-corrected chi connectivity index (χ2v) is 4.92. The molecular weight excluding hydrogens is 254 g/mol. The first kappa shape index (κ1) is 12.5. The van der Waals surface area contributed by atoms with E-state index in [0.29, 0.717) is 24.1 Å². The van der Waals surface area contributed by atoms with Gasteiger partial charge in [0.2, 0.25) is 5.60 Å². The zero-order chi connectivity index (χ0) is 14.3. The summed E-state index contributed by atoms with van der Waals surface area (Å²) in [5.74, 6) is 1.78. The van der Waals surface area contributed by atoms with Gasteiger partial charge in [-0.2, -0.15) is 0 Å². The van der Waals surface area contributed by atoms with Crippen LogP contribution in [0.25, 0.3) is 0 Å². The van der Waals surface area contributed by atoms with Gasteiger partial charge < -0.3 is 9.64 Å². The van der Waals surface area contributed by atoms with Crippen molar-refractivity contribution in [3.63, 3.8) is 0 Å². The molecule has 0 aromatic heterocycles. The summed E-state index contributed by atoms with van der Waals surface area (Å²) in [7, 11) is 0. The first-order valence-corrected chi connectivity index (χ1v) is 6.36. The molecule has 0 radical (unpaired) electrons. The van der Waals surface area contributed by atoms with E-state index in [4.69, 9.17) is 11.2 Å². The number of para-hydroxylation sites is 1. The third-order valence-electron chi connectivity index (χ3n) is 3.72. The molecule has 1 aromatic rings. The zero-order valence-corrected chi connectivity index (χ0v) is 10.9. The Morgan fingerprint density at radius 1 is 1.40 bits per heavy atom. The number of carbonyl (C=O) groups excluding carboxylic acids is 2. The maximum atomic E-state index is 12.7.